The molecule has 2 heterocycles. The molecule has 4 rings (SSSR count). The highest BCUT2D eigenvalue weighted by Gasteiger charge is 2.30. The molecule has 4 nitrogen and oxygen atoms in total. The summed E-state index contributed by atoms with van der Waals surface area (Å²) in [6.07, 6.45) is -1.10. The lowest BCUT2D eigenvalue weighted by Crippen LogP contribution is -2.38. The van der Waals surface area contributed by atoms with Crippen LogP contribution in [-0.4, -0.2) is 35.5 Å². The van der Waals surface area contributed by atoms with Gasteiger partial charge in [-0.2, -0.15) is 13.2 Å². The molecular formula is C24H23F3N2O2S. The molecule has 1 aliphatic heterocycles. The quantitative estimate of drug-likeness (QED) is 0.456. The van der Waals surface area contributed by atoms with Crippen LogP contribution in [0.3, 0.4) is 0 Å². The van der Waals surface area contributed by atoms with Crippen LogP contribution >= 0.6 is 11.3 Å². The van der Waals surface area contributed by atoms with Crippen LogP contribution in [0.1, 0.15) is 30.5 Å². The van der Waals surface area contributed by atoms with E-state index in [0.717, 1.165) is 54.2 Å². The number of thiazole rings is 1. The number of carbonyl (C=O) groups is 1. The van der Waals surface area contributed by atoms with E-state index < -0.39 is 11.7 Å². The van der Waals surface area contributed by atoms with Crippen LogP contribution in [0.2, 0.25) is 0 Å². The fourth-order valence-corrected chi connectivity index (χ4v) is 4.75. The number of rotatable bonds is 5. The Morgan fingerprint density at radius 1 is 1.00 bits per heavy atom. The van der Waals surface area contributed by atoms with Crippen molar-refractivity contribution in [1.82, 2.24) is 9.88 Å². The molecule has 168 valence electrons. The van der Waals surface area contributed by atoms with E-state index >= 15 is 0 Å². The fourth-order valence-electron chi connectivity index (χ4n) is 3.67. The van der Waals surface area contributed by atoms with E-state index in [1.807, 2.05) is 36.1 Å². The monoisotopic (exact) mass is 460 g/mol. The molecule has 0 aliphatic carbocycles. The Bertz CT molecular complexity index is 1070. The number of likely N-dealkylation sites (tertiary alicyclic amines) is 1. The highest BCUT2D eigenvalue weighted by Crippen LogP contribution is 2.37. The summed E-state index contributed by atoms with van der Waals surface area (Å²) in [6.45, 7) is 3.50. The minimum absolute atomic E-state index is 0.00765. The normalized spacial score (nSPS) is 14.4. The van der Waals surface area contributed by atoms with Crippen molar-refractivity contribution >= 4 is 17.2 Å². The third-order valence-electron chi connectivity index (χ3n) is 5.44. The number of nitrogens with zero attached hydrogens (tertiary/aromatic N) is 2. The number of ether oxygens (including phenoxy) is 1. The van der Waals surface area contributed by atoms with Gasteiger partial charge >= 0.3 is 6.18 Å². The molecule has 0 radical (unpaired) electrons. The van der Waals surface area contributed by atoms with Crippen LogP contribution in [-0.2, 0) is 11.0 Å². The molecule has 3 aromatic rings. The van der Waals surface area contributed by atoms with E-state index in [1.54, 1.807) is 0 Å². The summed E-state index contributed by atoms with van der Waals surface area (Å²) in [5.41, 5.74) is 1.71. The van der Waals surface area contributed by atoms with Crippen molar-refractivity contribution < 1.29 is 22.7 Å². The second kappa shape index (κ2) is 9.32. The molecule has 0 saturated carbocycles. The standard InChI is InChI=1S/C24H23F3N2O2S/c1-16-22(32-23(28-16)18-5-9-19(10-6-18)24(25,26)27)17-7-11-20(12-8-17)31-15-21(30)29-13-3-2-4-14-29/h5-12H,2-4,13-15H2,1H3. The lowest BCUT2D eigenvalue weighted by molar-refractivity contribution is -0.137. The number of aromatic nitrogens is 1. The molecular weight excluding hydrogens is 437 g/mol. The van der Waals surface area contributed by atoms with Crippen LogP contribution in [0.15, 0.2) is 48.5 Å². The molecule has 0 bridgehead atoms. The molecule has 1 saturated heterocycles. The molecule has 1 fully saturated rings. The number of carbonyl (C=O) groups excluding carboxylic acids is 1. The molecule has 32 heavy (non-hydrogen) atoms. The van der Waals surface area contributed by atoms with Crippen molar-refractivity contribution in [2.24, 2.45) is 0 Å². The van der Waals surface area contributed by atoms with Crippen LogP contribution in [0, 0.1) is 6.92 Å². The molecule has 0 N–H and O–H groups in total. The van der Waals surface area contributed by atoms with Crippen LogP contribution in [0.4, 0.5) is 13.2 Å². The maximum absolute atomic E-state index is 12.8. The highest BCUT2D eigenvalue weighted by molar-refractivity contribution is 7.18. The Hall–Kier alpha value is -2.87. The number of benzene rings is 2. The number of hydrogen-bond acceptors (Lipinski definition) is 4. The summed E-state index contributed by atoms with van der Waals surface area (Å²) in [5.74, 6) is 0.623. The fraction of sp³-hybridized carbons (Fsp3) is 0.333. The Morgan fingerprint density at radius 3 is 2.25 bits per heavy atom. The zero-order valence-electron chi connectivity index (χ0n) is 17.6. The number of piperidine rings is 1. The Balaban J connectivity index is 1.43. The Morgan fingerprint density at radius 2 is 1.62 bits per heavy atom. The first kappa shape index (κ1) is 22.3. The number of hydrogen-bond donors (Lipinski definition) is 0. The van der Waals surface area contributed by atoms with Gasteiger partial charge < -0.3 is 9.64 Å². The van der Waals surface area contributed by atoms with Gasteiger partial charge in [0.25, 0.3) is 5.91 Å². The predicted octanol–water partition coefficient (Wildman–Crippen LogP) is 6.20. The third-order valence-corrected chi connectivity index (χ3v) is 6.70. The van der Waals surface area contributed by atoms with Gasteiger partial charge in [0.2, 0.25) is 0 Å². The number of aryl methyl sites for hydroxylation is 1. The van der Waals surface area contributed by atoms with Crippen LogP contribution in [0.5, 0.6) is 5.75 Å². The van der Waals surface area contributed by atoms with Gasteiger partial charge in [-0.15, -0.1) is 11.3 Å². The molecule has 1 aromatic heterocycles. The molecule has 1 aliphatic rings. The highest BCUT2D eigenvalue weighted by atomic mass is 32.1. The topological polar surface area (TPSA) is 42.4 Å². The molecule has 0 spiro atoms. The van der Waals surface area contributed by atoms with Crippen molar-refractivity contribution in [3.63, 3.8) is 0 Å². The van der Waals surface area contributed by atoms with Gasteiger partial charge in [-0.3, -0.25) is 4.79 Å². The van der Waals surface area contributed by atoms with Crippen molar-refractivity contribution in [3.05, 3.63) is 59.8 Å². The van der Waals surface area contributed by atoms with Crippen LogP contribution in [0.25, 0.3) is 21.0 Å². The van der Waals surface area contributed by atoms with E-state index in [9.17, 15) is 18.0 Å². The largest absolute Gasteiger partial charge is 0.484 e. The van der Waals surface area contributed by atoms with Gasteiger partial charge in [-0.05, 0) is 68.1 Å². The van der Waals surface area contributed by atoms with Crippen molar-refractivity contribution in [1.29, 1.82) is 0 Å². The number of amides is 1. The summed E-state index contributed by atoms with van der Waals surface area (Å²) in [5, 5.41) is 0.665. The molecule has 8 heteroatoms. The molecule has 2 aromatic carbocycles. The maximum atomic E-state index is 12.8. The van der Waals surface area contributed by atoms with Crippen molar-refractivity contribution in [2.45, 2.75) is 32.4 Å². The summed E-state index contributed by atoms with van der Waals surface area (Å²) in [7, 11) is 0. The van der Waals surface area contributed by atoms with Crippen LogP contribution < -0.4 is 4.74 Å². The smallest absolute Gasteiger partial charge is 0.416 e. The number of alkyl halides is 3. The van der Waals surface area contributed by atoms with Gasteiger partial charge in [0.1, 0.15) is 10.8 Å². The lowest BCUT2D eigenvalue weighted by atomic mass is 10.1. The van der Waals surface area contributed by atoms with Crippen molar-refractivity contribution in [3.8, 4) is 26.8 Å². The summed E-state index contributed by atoms with van der Waals surface area (Å²) >= 11 is 1.43. The number of halogens is 3. The van der Waals surface area contributed by atoms with E-state index in [2.05, 4.69) is 4.98 Å². The second-order valence-corrected chi connectivity index (χ2v) is 8.76. The van der Waals surface area contributed by atoms with Gasteiger partial charge in [-0.1, -0.05) is 12.1 Å². The zero-order chi connectivity index (χ0) is 22.7. The van der Waals surface area contributed by atoms with Gasteiger partial charge in [0.15, 0.2) is 6.61 Å². The minimum atomic E-state index is -4.36. The van der Waals surface area contributed by atoms with Gasteiger partial charge in [0, 0.05) is 18.7 Å². The lowest BCUT2D eigenvalue weighted by Gasteiger charge is -2.26. The zero-order valence-corrected chi connectivity index (χ0v) is 18.4. The third kappa shape index (κ3) is 5.12. The SMILES string of the molecule is Cc1nc(-c2ccc(C(F)(F)F)cc2)sc1-c1ccc(OCC(=O)N2CCCCC2)cc1. The molecule has 0 atom stereocenters. The second-order valence-electron chi connectivity index (χ2n) is 7.76. The molecule has 1 amide bonds. The van der Waals surface area contributed by atoms with E-state index in [-0.39, 0.29) is 12.5 Å². The summed E-state index contributed by atoms with van der Waals surface area (Å²) in [4.78, 5) is 19.6. The first-order chi connectivity index (χ1) is 15.3. The predicted molar refractivity (Wildman–Crippen MR) is 119 cm³/mol. The molecule has 0 unspecified atom stereocenters. The van der Waals surface area contributed by atoms with E-state index in [1.165, 1.54) is 29.9 Å². The average Bonchev–Trinajstić information content (AvgIpc) is 3.19. The Labute approximate surface area is 188 Å². The first-order valence-corrected chi connectivity index (χ1v) is 11.3. The average molecular weight is 461 g/mol. The minimum Gasteiger partial charge on any atom is -0.484 e. The van der Waals surface area contributed by atoms with E-state index in [0.29, 0.717) is 16.3 Å². The maximum Gasteiger partial charge on any atom is 0.416 e. The van der Waals surface area contributed by atoms with Crippen molar-refractivity contribution in [2.75, 3.05) is 19.7 Å². The Kier molecular flexibility index (Phi) is 6.50. The van der Waals surface area contributed by atoms with Gasteiger partial charge in [-0.25, -0.2) is 4.98 Å². The summed E-state index contributed by atoms with van der Waals surface area (Å²) < 4.78 is 44.0. The summed E-state index contributed by atoms with van der Waals surface area (Å²) in [6, 6.07) is 12.5. The van der Waals surface area contributed by atoms with Gasteiger partial charge in [0.05, 0.1) is 16.1 Å². The van der Waals surface area contributed by atoms with E-state index in [4.69, 9.17) is 4.74 Å². The first-order valence-electron chi connectivity index (χ1n) is 10.5.